The number of para-hydroxylation sites is 2. The van der Waals surface area contributed by atoms with E-state index in [0.717, 1.165) is 41.0 Å². The van der Waals surface area contributed by atoms with Gasteiger partial charge in [-0.05, 0) is 18.2 Å². The number of amides is 1. The van der Waals surface area contributed by atoms with Gasteiger partial charge in [-0.1, -0.05) is 12.1 Å². The van der Waals surface area contributed by atoms with Crippen LogP contribution in [0.5, 0.6) is 17.2 Å². The summed E-state index contributed by atoms with van der Waals surface area (Å²) in [6.45, 7) is 1.33. The van der Waals surface area contributed by atoms with Crippen LogP contribution in [0.3, 0.4) is 0 Å². The van der Waals surface area contributed by atoms with Crippen LogP contribution in [0.2, 0.25) is 0 Å². The fraction of sp³-hybridized carbons (Fsp3) is 0.316. The van der Waals surface area contributed by atoms with E-state index in [1.165, 1.54) is 0 Å². The lowest BCUT2D eigenvalue weighted by atomic mass is 9.97. The van der Waals surface area contributed by atoms with Crippen molar-refractivity contribution in [1.29, 1.82) is 0 Å². The van der Waals surface area contributed by atoms with Gasteiger partial charge >= 0.3 is 0 Å². The molecule has 24 heavy (non-hydrogen) atoms. The Morgan fingerprint density at radius 1 is 1.21 bits per heavy atom. The minimum atomic E-state index is -0.0856. The molecule has 124 valence electrons. The number of methoxy groups -OCH3 is 1. The third-order valence-corrected chi connectivity index (χ3v) is 4.48. The first-order valence-corrected chi connectivity index (χ1v) is 8.12. The van der Waals surface area contributed by atoms with Gasteiger partial charge < -0.3 is 19.5 Å². The summed E-state index contributed by atoms with van der Waals surface area (Å²) in [5.41, 5.74) is 3.87. The van der Waals surface area contributed by atoms with Crippen LogP contribution in [0, 0.1) is 0 Å². The van der Waals surface area contributed by atoms with E-state index < -0.39 is 0 Å². The van der Waals surface area contributed by atoms with Crippen LogP contribution in [0.1, 0.15) is 16.7 Å². The van der Waals surface area contributed by atoms with E-state index in [0.29, 0.717) is 24.7 Å². The summed E-state index contributed by atoms with van der Waals surface area (Å²) in [6, 6.07) is 9.45. The lowest BCUT2D eigenvalue weighted by Crippen LogP contribution is -2.16. The SMILES string of the molecule is COc1ccccc1NC(=O)Cc1c2c(cc3c1OCC3)OCC2. The van der Waals surface area contributed by atoms with Gasteiger partial charge in [0.2, 0.25) is 5.91 Å². The van der Waals surface area contributed by atoms with Crippen molar-refractivity contribution in [3.05, 3.63) is 47.0 Å². The van der Waals surface area contributed by atoms with Gasteiger partial charge in [-0.25, -0.2) is 0 Å². The summed E-state index contributed by atoms with van der Waals surface area (Å²) in [7, 11) is 1.59. The minimum Gasteiger partial charge on any atom is -0.495 e. The van der Waals surface area contributed by atoms with Gasteiger partial charge in [0.1, 0.15) is 17.2 Å². The van der Waals surface area contributed by atoms with Crippen molar-refractivity contribution >= 4 is 11.6 Å². The van der Waals surface area contributed by atoms with E-state index in [4.69, 9.17) is 14.2 Å². The molecule has 5 heteroatoms. The molecule has 0 radical (unpaired) electrons. The zero-order valence-electron chi connectivity index (χ0n) is 13.6. The van der Waals surface area contributed by atoms with E-state index in [9.17, 15) is 4.79 Å². The maximum atomic E-state index is 12.6. The molecule has 1 N–H and O–H groups in total. The number of carbonyl (C=O) groups is 1. The molecule has 2 aliphatic rings. The van der Waals surface area contributed by atoms with Crippen molar-refractivity contribution in [2.45, 2.75) is 19.3 Å². The number of ether oxygens (including phenoxy) is 3. The summed E-state index contributed by atoms with van der Waals surface area (Å²) < 4.78 is 16.8. The number of benzene rings is 2. The van der Waals surface area contributed by atoms with E-state index in [-0.39, 0.29) is 12.3 Å². The Bertz CT molecular complexity index is 768. The van der Waals surface area contributed by atoms with Crippen molar-refractivity contribution in [3.63, 3.8) is 0 Å². The first kappa shape index (κ1) is 14.9. The number of nitrogens with one attached hydrogen (secondary N) is 1. The number of anilines is 1. The second kappa shape index (κ2) is 6.07. The monoisotopic (exact) mass is 325 g/mol. The topological polar surface area (TPSA) is 56.8 Å². The van der Waals surface area contributed by atoms with Gasteiger partial charge in [0, 0.05) is 29.5 Å². The first-order chi connectivity index (χ1) is 11.8. The number of fused-ring (bicyclic) bond motifs is 2. The molecule has 0 aliphatic carbocycles. The molecule has 0 unspecified atom stereocenters. The maximum absolute atomic E-state index is 12.6. The fourth-order valence-corrected chi connectivity index (χ4v) is 3.37. The highest BCUT2D eigenvalue weighted by Crippen LogP contribution is 2.41. The molecule has 0 saturated heterocycles. The molecule has 2 heterocycles. The van der Waals surface area contributed by atoms with Crippen LogP contribution in [0.25, 0.3) is 0 Å². The molecule has 0 spiro atoms. The van der Waals surface area contributed by atoms with Gasteiger partial charge in [-0.3, -0.25) is 4.79 Å². The van der Waals surface area contributed by atoms with Crippen molar-refractivity contribution < 1.29 is 19.0 Å². The van der Waals surface area contributed by atoms with Gasteiger partial charge in [-0.15, -0.1) is 0 Å². The Morgan fingerprint density at radius 2 is 2.04 bits per heavy atom. The summed E-state index contributed by atoms with van der Waals surface area (Å²) >= 11 is 0. The zero-order chi connectivity index (χ0) is 16.5. The predicted molar refractivity (Wildman–Crippen MR) is 90.2 cm³/mol. The lowest BCUT2D eigenvalue weighted by Gasteiger charge is -2.14. The predicted octanol–water partition coefficient (Wildman–Crippen LogP) is 2.75. The Morgan fingerprint density at radius 3 is 2.92 bits per heavy atom. The smallest absolute Gasteiger partial charge is 0.229 e. The molecule has 0 aromatic heterocycles. The van der Waals surface area contributed by atoms with Crippen molar-refractivity contribution in [2.75, 3.05) is 25.6 Å². The highest BCUT2D eigenvalue weighted by atomic mass is 16.5. The second-order valence-electron chi connectivity index (χ2n) is 5.94. The first-order valence-electron chi connectivity index (χ1n) is 8.12. The molecule has 2 aromatic carbocycles. The maximum Gasteiger partial charge on any atom is 0.229 e. The number of hydrogen-bond donors (Lipinski definition) is 1. The van der Waals surface area contributed by atoms with Crippen molar-refractivity contribution in [2.24, 2.45) is 0 Å². The molecule has 4 rings (SSSR count). The molecular formula is C19H19NO4. The Hall–Kier alpha value is -2.69. The van der Waals surface area contributed by atoms with E-state index in [1.54, 1.807) is 7.11 Å². The van der Waals surface area contributed by atoms with Gasteiger partial charge in [0.25, 0.3) is 0 Å². The van der Waals surface area contributed by atoms with E-state index in [1.807, 2.05) is 24.3 Å². The molecule has 0 saturated carbocycles. The van der Waals surface area contributed by atoms with Gasteiger partial charge in [0.15, 0.2) is 0 Å². The Kier molecular flexibility index (Phi) is 3.76. The van der Waals surface area contributed by atoms with Gasteiger partial charge in [-0.2, -0.15) is 0 Å². The van der Waals surface area contributed by atoms with Crippen LogP contribution >= 0.6 is 0 Å². The third kappa shape index (κ3) is 2.56. The third-order valence-electron chi connectivity index (χ3n) is 4.48. The fourth-order valence-electron chi connectivity index (χ4n) is 3.37. The highest BCUT2D eigenvalue weighted by Gasteiger charge is 2.27. The average molecular weight is 325 g/mol. The molecule has 2 aromatic rings. The molecule has 0 fully saturated rings. The Balaban J connectivity index is 1.61. The van der Waals surface area contributed by atoms with Crippen molar-refractivity contribution in [3.8, 4) is 17.2 Å². The summed E-state index contributed by atoms with van der Waals surface area (Å²) in [6.07, 6.45) is 1.96. The lowest BCUT2D eigenvalue weighted by molar-refractivity contribution is -0.115. The van der Waals surface area contributed by atoms with Crippen molar-refractivity contribution in [1.82, 2.24) is 0 Å². The molecule has 5 nitrogen and oxygen atoms in total. The summed E-state index contributed by atoms with van der Waals surface area (Å²) in [5, 5.41) is 2.93. The zero-order valence-corrected chi connectivity index (χ0v) is 13.6. The van der Waals surface area contributed by atoms with Crippen LogP contribution in [0.15, 0.2) is 30.3 Å². The van der Waals surface area contributed by atoms with Gasteiger partial charge in [0.05, 0.1) is 32.4 Å². The second-order valence-corrected chi connectivity index (χ2v) is 5.94. The number of carbonyl (C=O) groups excluding carboxylic acids is 1. The standard InChI is InChI=1S/C19H19NO4/c1-22-16-5-3-2-4-15(16)20-18(21)11-14-13-7-9-23-17(13)10-12-6-8-24-19(12)14/h2-5,10H,6-9,11H2,1H3,(H,20,21). The molecule has 2 aliphatic heterocycles. The molecule has 0 atom stereocenters. The largest absolute Gasteiger partial charge is 0.495 e. The summed E-state index contributed by atoms with van der Waals surface area (Å²) in [5.74, 6) is 2.33. The van der Waals surface area contributed by atoms with Crippen LogP contribution in [-0.4, -0.2) is 26.2 Å². The molecular weight excluding hydrogens is 306 g/mol. The van der Waals surface area contributed by atoms with Crippen LogP contribution in [0.4, 0.5) is 5.69 Å². The molecule has 0 bridgehead atoms. The van der Waals surface area contributed by atoms with Crippen LogP contribution < -0.4 is 19.5 Å². The highest BCUT2D eigenvalue weighted by molar-refractivity contribution is 5.94. The quantitative estimate of drug-likeness (QED) is 0.939. The number of rotatable bonds is 4. The summed E-state index contributed by atoms with van der Waals surface area (Å²) in [4.78, 5) is 12.6. The normalized spacial score (nSPS) is 14.4. The van der Waals surface area contributed by atoms with E-state index in [2.05, 4.69) is 11.4 Å². The van der Waals surface area contributed by atoms with E-state index >= 15 is 0 Å². The average Bonchev–Trinajstić information content (AvgIpc) is 3.24. The number of hydrogen-bond acceptors (Lipinski definition) is 4. The van der Waals surface area contributed by atoms with Crippen LogP contribution in [-0.2, 0) is 24.1 Å². The Labute approximate surface area is 140 Å². The molecule has 1 amide bonds. The minimum absolute atomic E-state index is 0.0856.